The molecule has 0 radical (unpaired) electrons. The van der Waals surface area contributed by atoms with Gasteiger partial charge in [-0.25, -0.2) is 0 Å². The van der Waals surface area contributed by atoms with E-state index in [4.69, 9.17) is 10.8 Å². The number of aliphatic hydroxyl groups excluding tert-OH is 1. The molecule has 0 aliphatic carbocycles. The molecular weight excluding hydrogens is 228 g/mol. The molecule has 16 heavy (non-hydrogen) atoms. The monoisotopic (exact) mass is 252 g/mol. The molecule has 1 unspecified atom stereocenters. The molecule has 0 saturated carbocycles. The minimum Gasteiger partial charge on any atom is -0.396 e. The molecule has 0 bridgehead atoms. The zero-order valence-corrected chi connectivity index (χ0v) is 10.9. The van der Waals surface area contributed by atoms with E-state index in [9.17, 15) is 4.79 Å². The van der Waals surface area contributed by atoms with E-state index in [-0.39, 0.29) is 31.0 Å². The average molecular weight is 253 g/mol. The molecule has 0 spiro atoms. The summed E-state index contributed by atoms with van der Waals surface area (Å²) in [6.07, 6.45) is 5.56. The van der Waals surface area contributed by atoms with Crippen LogP contribution in [0, 0.1) is 0 Å². The van der Waals surface area contributed by atoms with E-state index in [0.717, 1.165) is 38.5 Å². The zero-order chi connectivity index (χ0) is 11.5. The van der Waals surface area contributed by atoms with E-state index in [2.05, 4.69) is 5.32 Å². The highest BCUT2D eigenvalue weighted by Gasteiger charge is 2.10. The molecular formula is C11H25ClN2O2. The van der Waals surface area contributed by atoms with Crippen LogP contribution >= 0.6 is 12.4 Å². The van der Waals surface area contributed by atoms with Gasteiger partial charge in [0.05, 0.1) is 6.04 Å². The van der Waals surface area contributed by atoms with Crippen molar-refractivity contribution in [3.63, 3.8) is 0 Å². The fraction of sp³-hybridized carbons (Fsp3) is 0.909. The first-order chi connectivity index (χ1) is 7.22. The molecule has 1 amide bonds. The Morgan fingerprint density at radius 3 is 2.50 bits per heavy atom. The topological polar surface area (TPSA) is 75.4 Å². The molecule has 0 saturated heterocycles. The van der Waals surface area contributed by atoms with Crippen LogP contribution in [0.3, 0.4) is 0 Å². The van der Waals surface area contributed by atoms with Gasteiger partial charge in [0.2, 0.25) is 5.91 Å². The van der Waals surface area contributed by atoms with E-state index in [1.54, 1.807) is 0 Å². The summed E-state index contributed by atoms with van der Waals surface area (Å²) in [7, 11) is 0. The van der Waals surface area contributed by atoms with Gasteiger partial charge in [0, 0.05) is 13.2 Å². The fourth-order valence-electron chi connectivity index (χ4n) is 1.38. The predicted molar refractivity (Wildman–Crippen MR) is 68.7 cm³/mol. The van der Waals surface area contributed by atoms with E-state index in [1.807, 2.05) is 6.92 Å². The normalized spacial score (nSPS) is 11.7. The average Bonchev–Trinajstić information content (AvgIpc) is 2.23. The number of nitrogens with two attached hydrogens (primary N) is 1. The summed E-state index contributed by atoms with van der Waals surface area (Å²) in [5.74, 6) is -0.0426. The van der Waals surface area contributed by atoms with E-state index < -0.39 is 0 Å². The van der Waals surface area contributed by atoms with Crippen LogP contribution in [-0.4, -0.2) is 30.2 Å². The molecule has 1 atom stereocenters. The minimum atomic E-state index is -0.354. The highest BCUT2D eigenvalue weighted by Crippen LogP contribution is 1.98. The van der Waals surface area contributed by atoms with Crippen molar-refractivity contribution in [3.8, 4) is 0 Å². The number of carbonyl (C=O) groups is 1. The van der Waals surface area contributed by atoms with Crippen molar-refractivity contribution in [1.82, 2.24) is 5.32 Å². The number of hydrogen-bond acceptors (Lipinski definition) is 3. The Hall–Kier alpha value is -0.320. The van der Waals surface area contributed by atoms with Crippen LogP contribution in [0.5, 0.6) is 0 Å². The van der Waals surface area contributed by atoms with E-state index in [0.29, 0.717) is 6.54 Å². The van der Waals surface area contributed by atoms with Gasteiger partial charge in [0.15, 0.2) is 0 Å². The minimum absolute atomic E-state index is 0. The Bertz CT molecular complexity index is 168. The van der Waals surface area contributed by atoms with Crippen molar-refractivity contribution in [3.05, 3.63) is 0 Å². The van der Waals surface area contributed by atoms with Gasteiger partial charge in [-0.15, -0.1) is 12.4 Å². The van der Waals surface area contributed by atoms with Gasteiger partial charge in [-0.1, -0.05) is 26.2 Å². The van der Waals surface area contributed by atoms with Crippen molar-refractivity contribution in [2.24, 2.45) is 5.73 Å². The maximum Gasteiger partial charge on any atom is 0.236 e. The summed E-state index contributed by atoms with van der Waals surface area (Å²) >= 11 is 0. The fourth-order valence-corrected chi connectivity index (χ4v) is 1.38. The second kappa shape index (κ2) is 12.7. The molecule has 0 fully saturated rings. The van der Waals surface area contributed by atoms with Crippen molar-refractivity contribution in [1.29, 1.82) is 0 Å². The van der Waals surface area contributed by atoms with Crippen LogP contribution < -0.4 is 11.1 Å². The molecule has 0 rings (SSSR count). The Morgan fingerprint density at radius 2 is 1.94 bits per heavy atom. The van der Waals surface area contributed by atoms with Crippen LogP contribution in [0.1, 0.15) is 45.4 Å². The Labute approximate surface area is 104 Å². The summed E-state index contributed by atoms with van der Waals surface area (Å²) in [6.45, 7) is 2.97. The van der Waals surface area contributed by atoms with E-state index in [1.165, 1.54) is 0 Å². The van der Waals surface area contributed by atoms with Crippen LogP contribution in [0.4, 0.5) is 0 Å². The number of amides is 1. The molecule has 0 aromatic rings. The first-order valence-corrected chi connectivity index (χ1v) is 5.86. The maximum atomic E-state index is 11.3. The molecule has 0 aliphatic heterocycles. The van der Waals surface area contributed by atoms with Gasteiger partial charge in [-0.05, 0) is 19.3 Å². The summed E-state index contributed by atoms with van der Waals surface area (Å²) in [4.78, 5) is 11.3. The smallest absolute Gasteiger partial charge is 0.236 e. The van der Waals surface area contributed by atoms with E-state index >= 15 is 0 Å². The maximum absolute atomic E-state index is 11.3. The molecule has 4 N–H and O–H groups in total. The molecule has 5 heteroatoms. The summed E-state index contributed by atoms with van der Waals surface area (Å²) in [6, 6.07) is -0.354. The third-order valence-electron chi connectivity index (χ3n) is 2.32. The highest BCUT2D eigenvalue weighted by molar-refractivity contribution is 5.85. The zero-order valence-electron chi connectivity index (χ0n) is 10.1. The number of carbonyl (C=O) groups excluding carboxylic acids is 1. The summed E-state index contributed by atoms with van der Waals surface area (Å²) in [5.41, 5.74) is 5.65. The Kier molecular flexibility index (Phi) is 14.4. The number of nitrogens with one attached hydrogen (secondary N) is 1. The van der Waals surface area contributed by atoms with Crippen molar-refractivity contribution in [2.75, 3.05) is 13.2 Å². The first-order valence-electron chi connectivity index (χ1n) is 5.86. The third-order valence-corrected chi connectivity index (χ3v) is 2.32. The SMILES string of the molecule is CCCC(N)C(=O)NCCCCCCO.Cl. The first kappa shape index (κ1) is 18.1. The lowest BCUT2D eigenvalue weighted by Gasteiger charge is -2.10. The number of unbranched alkanes of at least 4 members (excludes halogenated alkanes) is 3. The molecule has 0 aliphatic rings. The number of aliphatic hydroxyl groups is 1. The molecule has 0 aromatic heterocycles. The second-order valence-electron chi connectivity index (χ2n) is 3.82. The van der Waals surface area contributed by atoms with Gasteiger partial charge < -0.3 is 16.2 Å². The predicted octanol–water partition coefficient (Wildman–Crippen LogP) is 1.20. The number of hydrogen-bond donors (Lipinski definition) is 3. The number of rotatable bonds is 9. The lowest BCUT2D eigenvalue weighted by molar-refractivity contribution is -0.122. The van der Waals surface area contributed by atoms with Crippen LogP contribution in [-0.2, 0) is 4.79 Å². The molecule has 0 aromatic carbocycles. The quantitative estimate of drug-likeness (QED) is 0.540. The summed E-state index contributed by atoms with van der Waals surface area (Å²) in [5, 5.41) is 11.4. The van der Waals surface area contributed by atoms with Gasteiger partial charge >= 0.3 is 0 Å². The Balaban J connectivity index is 0. The Morgan fingerprint density at radius 1 is 1.31 bits per heavy atom. The van der Waals surface area contributed by atoms with Crippen LogP contribution in [0.25, 0.3) is 0 Å². The van der Waals surface area contributed by atoms with Gasteiger partial charge in [-0.2, -0.15) is 0 Å². The molecule has 0 heterocycles. The lowest BCUT2D eigenvalue weighted by atomic mass is 10.1. The standard InChI is InChI=1S/C11H24N2O2.ClH/c1-2-7-10(12)11(15)13-8-5-3-4-6-9-14;/h10,14H,2-9,12H2,1H3,(H,13,15);1H. The van der Waals surface area contributed by atoms with Crippen molar-refractivity contribution in [2.45, 2.75) is 51.5 Å². The van der Waals surface area contributed by atoms with Gasteiger partial charge in [0.1, 0.15) is 0 Å². The lowest BCUT2D eigenvalue weighted by Crippen LogP contribution is -2.40. The highest BCUT2D eigenvalue weighted by atomic mass is 35.5. The third kappa shape index (κ3) is 10.2. The van der Waals surface area contributed by atoms with Crippen LogP contribution in [0.15, 0.2) is 0 Å². The molecule has 4 nitrogen and oxygen atoms in total. The second-order valence-corrected chi connectivity index (χ2v) is 3.82. The molecule has 98 valence electrons. The van der Waals surface area contributed by atoms with Gasteiger partial charge in [-0.3, -0.25) is 4.79 Å². The van der Waals surface area contributed by atoms with Crippen molar-refractivity contribution < 1.29 is 9.90 Å². The van der Waals surface area contributed by atoms with Crippen molar-refractivity contribution >= 4 is 18.3 Å². The van der Waals surface area contributed by atoms with Crippen LogP contribution in [0.2, 0.25) is 0 Å². The van der Waals surface area contributed by atoms with Gasteiger partial charge in [0.25, 0.3) is 0 Å². The number of halogens is 1. The largest absolute Gasteiger partial charge is 0.396 e. The summed E-state index contributed by atoms with van der Waals surface area (Å²) < 4.78 is 0.